The van der Waals surface area contributed by atoms with Gasteiger partial charge in [-0.05, 0) is 12.0 Å². The number of fused-ring (bicyclic) bond motifs is 1. The number of aliphatic imine (C=N–C) groups is 1. The highest BCUT2D eigenvalue weighted by Crippen LogP contribution is 2.27. The number of imide groups is 1. The maximum atomic E-state index is 13.0. The van der Waals surface area contributed by atoms with Crippen LogP contribution in [0, 0.1) is 0 Å². The van der Waals surface area contributed by atoms with E-state index in [0.29, 0.717) is 26.3 Å². The standard InChI is InChI=1S/C20H27N5O3/c1-22-18-17(19(26)23(2)20(22)27)25(9-8-15-6-4-3-5-7-15)16(21-18)14-24-10-12-28-13-11-24/h3-7,17-18H,8-14H2,1-2H3. The van der Waals surface area contributed by atoms with Gasteiger partial charge in [-0.25, -0.2) is 9.79 Å². The third kappa shape index (κ3) is 3.49. The molecule has 1 aromatic rings. The van der Waals surface area contributed by atoms with Crippen LogP contribution in [0.1, 0.15) is 5.56 Å². The third-order valence-corrected chi connectivity index (χ3v) is 5.75. The predicted molar refractivity (Wildman–Crippen MR) is 105 cm³/mol. The van der Waals surface area contributed by atoms with Gasteiger partial charge in [-0.1, -0.05) is 30.3 Å². The van der Waals surface area contributed by atoms with Crippen LogP contribution < -0.4 is 0 Å². The minimum absolute atomic E-state index is 0.179. The van der Waals surface area contributed by atoms with Crippen molar-refractivity contribution in [3.63, 3.8) is 0 Å². The number of amidine groups is 1. The molecule has 4 rings (SSSR count). The highest BCUT2D eigenvalue weighted by atomic mass is 16.5. The minimum atomic E-state index is -0.456. The smallest absolute Gasteiger partial charge is 0.328 e. The molecule has 0 saturated carbocycles. The molecule has 3 aliphatic heterocycles. The first-order valence-corrected chi connectivity index (χ1v) is 9.78. The third-order valence-electron chi connectivity index (χ3n) is 5.75. The van der Waals surface area contributed by atoms with E-state index in [4.69, 9.17) is 9.73 Å². The molecule has 0 radical (unpaired) electrons. The van der Waals surface area contributed by atoms with E-state index in [2.05, 4.69) is 21.9 Å². The van der Waals surface area contributed by atoms with E-state index in [-0.39, 0.29) is 11.9 Å². The Hall–Kier alpha value is -2.45. The Labute approximate surface area is 165 Å². The number of morpholine rings is 1. The molecule has 8 nitrogen and oxygen atoms in total. The molecule has 0 aliphatic carbocycles. The second-order valence-corrected chi connectivity index (χ2v) is 7.51. The van der Waals surface area contributed by atoms with Crippen molar-refractivity contribution in [2.45, 2.75) is 18.6 Å². The monoisotopic (exact) mass is 385 g/mol. The molecule has 2 saturated heterocycles. The van der Waals surface area contributed by atoms with Crippen molar-refractivity contribution in [1.29, 1.82) is 0 Å². The fourth-order valence-electron chi connectivity index (χ4n) is 4.07. The van der Waals surface area contributed by atoms with Crippen LogP contribution in [0.2, 0.25) is 0 Å². The van der Waals surface area contributed by atoms with Crippen LogP contribution in [0.3, 0.4) is 0 Å². The van der Waals surface area contributed by atoms with Crippen molar-refractivity contribution >= 4 is 17.8 Å². The van der Waals surface area contributed by atoms with Gasteiger partial charge in [0.25, 0.3) is 5.91 Å². The van der Waals surface area contributed by atoms with Crippen LogP contribution in [0.25, 0.3) is 0 Å². The van der Waals surface area contributed by atoms with E-state index in [1.54, 1.807) is 19.0 Å². The summed E-state index contributed by atoms with van der Waals surface area (Å²) in [6.45, 7) is 4.49. The number of rotatable bonds is 5. The molecule has 2 unspecified atom stereocenters. The summed E-state index contributed by atoms with van der Waals surface area (Å²) >= 11 is 0. The van der Waals surface area contributed by atoms with Crippen molar-refractivity contribution in [2.24, 2.45) is 4.99 Å². The van der Waals surface area contributed by atoms with E-state index < -0.39 is 12.2 Å². The number of hydrogen-bond acceptors (Lipinski definition) is 6. The van der Waals surface area contributed by atoms with Crippen molar-refractivity contribution < 1.29 is 14.3 Å². The van der Waals surface area contributed by atoms with Crippen LogP contribution >= 0.6 is 0 Å². The molecule has 3 amide bonds. The number of likely N-dealkylation sites (N-methyl/N-ethyl adjacent to an activating group) is 2. The quantitative estimate of drug-likeness (QED) is 0.738. The first-order chi connectivity index (χ1) is 13.6. The SMILES string of the molecule is CN1C(=O)C2C(N=C(CN3CCOCC3)N2CCc2ccccc2)N(C)C1=O. The molecule has 8 heteroatoms. The van der Waals surface area contributed by atoms with Gasteiger partial charge < -0.3 is 14.5 Å². The Morgan fingerprint density at radius 1 is 1.11 bits per heavy atom. The van der Waals surface area contributed by atoms with Gasteiger partial charge in [-0.3, -0.25) is 14.6 Å². The zero-order valence-electron chi connectivity index (χ0n) is 16.5. The van der Waals surface area contributed by atoms with Crippen LogP contribution in [0.4, 0.5) is 4.79 Å². The number of carbonyl (C=O) groups excluding carboxylic acids is 2. The molecule has 3 heterocycles. The van der Waals surface area contributed by atoms with E-state index in [1.165, 1.54) is 10.5 Å². The number of carbonyl (C=O) groups is 2. The Bertz CT molecular complexity index is 762. The highest BCUT2D eigenvalue weighted by Gasteiger charge is 2.50. The number of amides is 3. The predicted octanol–water partition coefficient (Wildman–Crippen LogP) is 0.494. The fraction of sp³-hybridized carbons (Fsp3) is 0.550. The van der Waals surface area contributed by atoms with Gasteiger partial charge in [0.1, 0.15) is 5.84 Å². The van der Waals surface area contributed by atoms with Gasteiger partial charge in [-0.2, -0.15) is 0 Å². The summed E-state index contributed by atoms with van der Waals surface area (Å²) in [5.41, 5.74) is 1.22. The lowest BCUT2D eigenvalue weighted by Gasteiger charge is -2.40. The van der Waals surface area contributed by atoms with Gasteiger partial charge >= 0.3 is 6.03 Å². The first kappa shape index (κ1) is 18.9. The average molecular weight is 385 g/mol. The molecule has 0 N–H and O–H groups in total. The van der Waals surface area contributed by atoms with Gasteiger partial charge in [0.05, 0.1) is 19.8 Å². The summed E-state index contributed by atoms with van der Waals surface area (Å²) in [6, 6.07) is 9.49. The summed E-state index contributed by atoms with van der Waals surface area (Å²) in [5, 5.41) is 0. The lowest BCUT2D eigenvalue weighted by Crippen LogP contribution is -2.64. The number of hydrogen-bond donors (Lipinski definition) is 0. The second-order valence-electron chi connectivity index (χ2n) is 7.51. The van der Waals surface area contributed by atoms with Crippen molar-refractivity contribution in [2.75, 3.05) is 53.5 Å². The zero-order chi connectivity index (χ0) is 19.7. The maximum Gasteiger partial charge on any atom is 0.328 e. The number of urea groups is 1. The lowest BCUT2D eigenvalue weighted by molar-refractivity contribution is -0.136. The summed E-state index contributed by atoms with van der Waals surface area (Å²) in [7, 11) is 3.27. The molecule has 0 bridgehead atoms. The summed E-state index contributed by atoms with van der Waals surface area (Å²) in [4.78, 5) is 37.4. The number of ether oxygens (including phenoxy) is 1. The van der Waals surface area contributed by atoms with E-state index in [0.717, 1.165) is 25.3 Å². The van der Waals surface area contributed by atoms with E-state index in [1.807, 2.05) is 18.2 Å². The fourth-order valence-corrected chi connectivity index (χ4v) is 4.07. The van der Waals surface area contributed by atoms with Crippen LogP contribution in [0.15, 0.2) is 35.3 Å². The van der Waals surface area contributed by atoms with Gasteiger partial charge in [0.2, 0.25) is 0 Å². The Morgan fingerprint density at radius 3 is 2.54 bits per heavy atom. The van der Waals surface area contributed by atoms with E-state index in [9.17, 15) is 9.59 Å². The molecule has 0 aromatic heterocycles. The van der Waals surface area contributed by atoms with Gasteiger partial charge in [0, 0.05) is 33.7 Å². The van der Waals surface area contributed by atoms with E-state index >= 15 is 0 Å². The lowest BCUT2D eigenvalue weighted by atomic mass is 10.1. The van der Waals surface area contributed by atoms with Gasteiger partial charge in [0.15, 0.2) is 12.2 Å². The molecule has 0 spiro atoms. The Balaban J connectivity index is 1.57. The average Bonchev–Trinajstić information content (AvgIpc) is 3.09. The molecular formula is C20H27N5O3. The van der Waals surface area contributed by atoms with Crippen molar-refractivity contribution in [3.8, 4) is 0 Å². The first-order valence-electron chi connectivity index (χ1n) is 9.78. The molecule has 2 fully saturated rings. The molecule has 3 aliphatic rings. The summed E-state index contributed by atoms with van der Waals surface area (Å²) < 4.78 is 5.44. The van der Waals surface area contributed by atoms with Crippen molar-refractivity contribution in [3.05, 3.63) is 35.9 Å². The Kier molecular flexibility index (Phi) is 5.32. The minimum Gasteiger partial charge on any atom is -0.379 e. The highest BCUT2D eigenvalue weighted by molar-refractivity contribution is 6.04. The second kappa shape index (κ2) is 7.89. The largest absolute Gasteiger partial charge is 0.379 e. The molecule has 2 atom stereocenters. The summed E-state index contributed by atoms with van der Waals surface area (Å²) in [6.07, 6.45) is 0.365. The van der Waals surface area contributed by atoms with Crippen LogP contribution in [-0.4, -0.2) is 103 Å². The topological polar surface area (TPSA) is 68.7 Å². The molecule has 1 aromatic carbocycles. The molecule has 150 valence electrons. The number of nitrogens with zero attached hydrogens (tertiary/aromatic N) is 5. The zero-order valence-corrected chi connectivity index (χ0v) is 16.5. The normalized spacial score (nSPS) is 25.9. The molecule has 28 heavy (non-hydrogen) atoms. The summed E-state index contributed by atoms with van der Waals surface area (Å²) in [5.74, 6) is 0.707. The molecular weight excluding hydrogens is 358 g/mol. The van der Waals surface area contributed by atoms with Crippen molar-refractivity contribution in [1.82, 2.24) is 19.6 Å². The van der Waals surface area contributed by atoms with Gasteiger partial charge in [-0.15, -0.1) is 0 Å². The van der Waals surface area contributed by atoms with Crippen LogP contribution in [-0.2, 0) is 16.0 Å². The van der Waals surface area contributed by atoms with Crippen LogP contribution in [0.5, 0.6) is 0 Å². The maximum absolute atomic E-state index is 13.0. The Morgan fingerprint density at radius 2 is 1.82 bits per heavy atom. The number of benzene rings is 1.